The molecular formula is C17H19NO4. The van der Waals surface area contributed by atoms with Crippen LogP contribution in [0.5, 0.6) is 5.75 Å². The van der Waals surface area contributed by atoms with Gasteiger partial charge in [0, 0.05) is 12.3 Å². The minimum absolute atomic E-state index is 0.253. The zero-order chi connectivity index (χ0) is 16.1. The normalized spacial score (nSPS) is 11.8. The smallest absolute Gasteiger partial charge is 0.333 e. The van der Waals surface area contributed by atoms with E-state index in [1.807, 2.05) is 24.3 Å². The predicted octanol–water partition coefficient (Wildman–Crippen LogP) is 2.59. The van der Waals surface area contributed by atoms with E-state index in [0.29, 0.717) is 11.3 Å². The highest BCUT2D eigenvalue weighted by atomic mass is 16.5. The predicted molar refractivity (Wildman–Crippen MR) is 83.7 cm³/mol. The van der Waals surface area contributed by atoms with Crippen LogP contribution in [0.3, 0.4) is 0 Å². The van der Waals surface area contributed by atoms with Gasteiger partial charge in [-0.25, -0.2) is 4.79 Å². The summed E-state index contributed by atoms with van der Waals surface area (Å²) < 4.78 is 10.4. The van der Waals surface area contributed by atoms with Gasteiger partial charge in [-0.15, -0.1) is 0 Å². The number of rotatable bonds is 5. The molecule has 0 unspecified atom stereocenters. The van der Waals surface area contributed by atoms with Gasteiger partial charge in [-0.1, -0.05) is 30.3 Å². The van der Waals surface area contributed by atoms with Crippen molar-refractivity contribution in [1.29, 1.82) is 0 Å². The second-order valence-electron chi connectivity index (χ2n) is 4.79. The minimum atomic E-state index is -0.840. The average molecular weight is 301 g/mol. The molecule has 0 saturated heterocycles. The standard InChI is InChI=1S/C17H19NO4/c1-4-22-17(20)16(18-11(2)19)14-9-10-15(21-3)13-8-6-5-7-12(13)14/h5-10,16H,4H2,1-3H3,(H,18,19)/t16-/m1/s1. The first kappa shape index (κ1) is 15.8. The quantitative estimate of drug-likeness (QED) is 0.862. The average Bonchev–Trinajstić information content (AvgIpc) is 2.51. The molecule has 116 valence electrons. The number of fused-ring (bicyclic) bond motifs is 1. The van der Waals surface area contributed by atoms with Crippen LogP contribution in [0.1, 0.15) is 25.5 Å². The summed E-state index contributed by atoms with van der Waals surface area (Å²) in [6.07, 6.45) is 0. The van der Waals surface area contributed by atoms with Crippen molar-refractivity contribution < 1.29 is 19.1 Å². The van der Waals surface area contributed by atoms with Crippen LogP contribution < -0.4 is 10.1 Å². The van der Waals surface area contributed by atoms with Crippen molar-refractivity contribution in [3.63, 3.8) is 0 Å². The van der Waals surface area contributed by atoms with Crippen molar-refractivity contribution in [3.8, 4) is 5.75 Å². The lowest BCUT2D eigenvalue weighted by molar-refractivity contribution is -0.147. The summed E-state index contributed by atoms with van der Waals surface area (Å²) in [5.74, 6) is -0.0595. The van der Waals surface area contributed by atoms with Gasteiger partial charge in [0.25, 0.3) is 0 Å². The first-order valence-corrected chi connectivity index (χ1v) is 7.07. The van der Waals surface area contributed by atoms with Crippen LogP contribution in [0.15, 0.2) is 36.4 Å². The Morgan fingerprint density at radius 1 is 1.14 bits per heavy atom. The van der Waals surface area contributed by atoms with Gasteiger partial charge in [0.2, 0.25) is 5.91 Å². The van der Waals surface area contributed by atoms with Gasteiger partial charge in [0.1, 0.15) is 5.75 Å². The molecule has 0 heterocycles. The molecule has 0 saturated carbocycles. The molecule has 22 heavy (non-hydrogen) atoms. The fourth-order valence-electron chi connectivity index (χ4n) is 2.42. The van der Waals surface area contributed by atoms with E-state index in [4.69, 9.17) is 9.47 Å². The largest absolute Gasteiger partial charge is 0.496 e. The van der Waals surface area contributed by atoms with Crippen LogP contribution in [0.4, 0.5) is 0 Å². The molecule has 0 aliphatic heterocycles. The van der Waals surface area contributed by atoms with Gasteiger partial charge in [0.15, 0.2) is 6.04 Å². The summed E-state index contributed by atoms with van der Waals surface area (Å²) >= 11 is 0. The molecule has 2 aromatic carbocycles. The molecule has 0 aliphatic rings. The highest BCUT2D eigenvalue weighted by Crippen LogP contribution is 2.32. The van der Waals surface area contributed by atoms with Crippen molar-refractivity contribution in [3.05, 3.63) is 42.0 Å². The SMILES string of the molecule is CCOC(=O)[C@H](NC(C)=O)c1ccc(OC)c2ccccc12. The Labute approximate surface area is 129 Å². The van der Waals surface area contributed by atoms with E-state index in [0.717, 1.165) is 10.8 Å². The van der Waals surface area contributed by atoms with E-state index in [2.05, 4.69) is 5.32 Å². The van der Waals surface area contributed by atoms with Crippen LogP contribution in [0, 0.1) is 0 Å². The Kier molecular flexibility index (Phi) is 4.99. The molecule has 0 radical (unpaired) electrons. The fraction of sp³-hybridized carbons (Fsp3) is 0.294. The maximum absolute atomic E-state index is 12.2. The molecule has 0 bridgehead atoms. The van der Waals surface area contributed by atoms with Crippen LogP contribution in [0.2, 0.25) is 0 Å². The number of amides is 1. The minimum Gasteiger partial charge on any atom is -0.496 e. The van der Waals surface area contributed by atoms with E-state index < -0.39 is 12.0 Å². The third kappa shape index (κ3) is 3.19. The van der Waals surface area contributed by atoms with Crippen molar-refractivity contribution in [2.75, 3.05) is 13.7 Å². The molecule has 2 rings (SSSR count). The third-order valence-corrected chi connectivity index (χ3v) is 3.32. The van der Waals surface area contributed by atoms with E-state index in [1.165, 1.54) is 6.92 Å². The number of hydrogen-bond acceptors (Lipinski definition) is 4. The fourth-order valence-corrected chi connectivity index (χ4v) is 2.42. The Hall–Kier alpha value is -2.56. The maximum Gasteiger partial charge on any atom is 0.333 e. The number of ether oxygens (including phenoxy) is 2. The number of carbonyl (C=O) groups excluding carboxylic acids is 2. The number of nitrogens with one attached hydrogen (secondary N) is 1. The highest BCUT2D eigenvalue weighted by molar-refractivity contribution is 5.96. The number of esters is 1. The maximum atomic E-state index is 12.2. The van der Waals surface area contributed by atoms with Crippen molar-refractivity contribution in [2.24, 2.45) is 0 Å². The highest BCUT2D eigenvalue weighted by Gasteiger charge is 2.25. The summed E-state index contributed by atoms with van der Waals surface area (Å²) in [4.78, 5) is 23.7. The molecule has 1 atom stereocenters. The van der Waals surface area contributed by atoms with Crippen molar-refractivity contribution >= 4 is 22.6 Å². The van der Waals surface area contributed by atoms with Gasteiger partial charge >= 0.3 is 5.97 Å². The lowest BCUT2D eigenvalue weighted by Gasteiger charge is -2.19. The molecule has 0 fully saturated rings. The second kappa shape index (κ2) is 6.93. The lowest BCUT2D eigenvalue weighted by Crippen LogP contribution is -2.33. The first-order chi connectivity index (χ1) is 10.6. The van der Waals surface area contributed by atoms with E-state index in [-0.39, 0.29) is 12.5 Å². The van der Waals surface area contributed by atoms with Gasteiger partial charge in [0.05, 0.1) is 13.7 Å². The van der Waals surface area contributed by atoms with Crippen LogP contribution in [-0.4, -0.2) is 25.6 Å². The topological polar surface area (TPSA) is 64.6 Å². The number of benzene rings is 2. The Morgan fingerprint density at radius 3 is 2.41 bits per heavy atom. The Balaban J connectivity index is 2.58. The van der Waals surface area contributed by atoms with Crippen LogP contribution in [-0.2, 0) is 14.3 Å². The summed E-state index contributed by atoms with van der Waals surface area (Å²) in [6.45, 7) is 3.36. The van der Waals surface area contributed by atoms with Crippen LogP contribution in [0.25, 0.3) is 10.8 Å². The second-order valence-corrected chi connectivity index (χ2v) is 4.79. The van der Waals surface area contributed by atoms with E-state index in [1.54, 1.807) is 26.2 Å². The summed E-state index contributed by atoms with van der Waals surface area (Å²) in [7, 11) is 1.60. The van der Waals surface area contributed by atoms with Crippen LogP contribution >= 0.6 is 0 Å². The lowest BCUT2D eigenvalue weighted by atomic mass is 9.98. The van der Waals surface area contributed by atoms with Crippen molar-refractivity contribution in [2.45, 2.75) is 19.9 Å². The van der Waals surface area contributed by atoms with Gasteiger partial charge in [-0.2, -0.15) is 0 Å². The number of methoxy groups -OCH3 is 1. The third-order valence-electron chi connectivity index (χ3n) is 3.32. The molecule has 0 aliphatic carbocycles. The Bertz CT molecular complexity index is 696. The monoisotopic (exact) mass is 301 g/mol. The van der Waals surface area contributed by atoms with Gasteiger partial charge < -0.3 is 14.8 Å². The Morgan fingerprint density at radius 2 is 1.82 bits per heavy atom. The molecule has 1 amide bonds. The zero-order valence-corrected chi connectivity index (χ0v) is 12.9. The molecule has 0 spiro atoms. The number of carbonyl (C=O) groups is 2. The summed E-state index contributed by atoms with van der Waals surface area (Å²) in [5, 5.41) is 4.37. The van der Waals surface area contributed by atoms with Crippen molar-refractivity contribution in [1.82, 2.24) is 5.32 Å². The van der Waals surface area contributed by atoms with Gasteiger partial charge in [-0.3, -0.25) is 4.79 Å². The summed E-state index contributed by atoms with van der Waals surface area (Å²) in [6, 6.07) is 10.3. The van der Waals surface area contributed by atoms with E-state index in [9.17, 15) is 9.59 Å². The number of hydrogen-bond donors (Lipinski definition) is 1. The molecule has 5 heteroatoms. The summed E-state index contributed by atoms with van der Waals surface area (Å²) in [5.41, 5.74) is 0.685. The van der Waals surface area contributed by atoms with E-state index >= 15 is 0 Å². The van der Waals surface area contributed by atoms with Gasteiger partial charge in [-0.05, 0) is 23.9 Å². The molecule has 2 aromatic rings. The molecule has 5 nitrogen and oxygen atoms in total. The molecule has 0 aromatic heterocycles. The zero-order valence-electron chi connectivity index (χ0n) is 12.9. The molecular weight excluding hydrogens is 282 g/mol. The first-order valence-electron chi connectivity index (χ1n) is 7.07. The molecule has 1 N–H and O–H groups in total.